The van der Waals surface area contributed by atoms with Crippen molar-refractivity contribution in [3.8, 4) is 0 Å². The summed E-state index contributed by atoms with van der Waals surface area (Å²) >= 11 is 0. The van der Waals surface area contributed by atoms with Crippen molar-refractivity contribution in [2.24, 2.45) is 12.8 Å². The molecule has 2 N–H and O–H groups in total. The molecule has 2 aromatic rings. The first-order valence-corrected chi connectivity index (χ1v) is 4.23. The number of ketones is 1. The number of nitrogens with zero attached hydrogens (tertiary/aromatic N) is 3. The Balaban J connectivity index is 2.71. The number of aryl methyl sites for hydroxylation is 1. The van der Waals surface area contributed by atoms with E-state index in [1.165, 1.54) is 0 Å². The second-order valence-electron chi connectivity index (χ2n) is 3.01. The molecule has 2 aromatic heterocycles. The Morgan fingerprint density at radius 1 is 1.57 bits per heavy atom. The fourth-order valence-electron chi connectivity index (χ4n) is 1.36. The number of rotatable bonds is 2. The molecule has 0 aliphatic rings. The average Bonchev–Trinajstić information content (AvgIpc) is 2.59. The molecule has 0 fully saturated rings. The minimum atomic E-state index is -0.115. The number of nitrogens with two attached hydrogens (primary N) is 1. The van der Waals surface area contributed by atoms with Crippen LogP contribution in [0.4, 0.5) is 0 Å². The van der Waals surface area contributed by atoms with Crippen molar-refractivity contribution in [1.29, 1.82) is 0 Å². The molecule has 0 radical (unpaired) electrons. The van der Waals surface area contributed by atoms with E-state index in [9.17, 15) is 4.79 Å². The van der Waals surface area contributed by atoms with Crippen molar-refractivity contribution in [3.63, 3.8) is 0 Å². The van der Waals surface area contributed by atoms with Gasteiger partial charge in [-0.25, -0.2) is 9.97 Å². The SMILES string of the molecule is Cn1cnc2c(C(=O)CN)ccnc21. The molecule has 0 aliphatic heterocycles. The molecule has 0 amide bonds. The first-order valence-electron chi connectivity index (χ1n) is 4.23. The summed E-state index contributed by atoms with van der Waals surface area (Å²) < 4.78 is 1.77. The Kier molecular flexibility index (Phi) is 2.01. The molecule has 0 bridgehead atoms. The lowest BCUT2D eigenvalue weighted by molar-refractivity contribution is 0.100. The van der Waals surface area contributed by atoms with Gasteiger partial charge in [0, 0.05) is 18.8 Å². The summed E-state index contributed by atoms with van der Waals surface area (Å²) in [6.07, 6.45) is 3.22. The maximum absolute atomic E-state index is 11.4. The fraction of sp³-hybridized carbons (Fsp3) is 0.222. The second kappa shape index (κ2) is 3.19. The smallest absolute Gasteiger partial charge is 0.178 e. The molecular weight excluding hydrogens is 180 g/mol. The average molecular weight is 190 g/mol. The largest absolute Gasteiger partial charge is 0.324 e. The van der Waals surface area contributed by atoms with Crippen LogP contribution in [0.1, 0.15) is 10.4 Å². The van der Waals surface area contributed by atoms with Gasteiger partial charge in [-0.15, -0.1) is 0 Å². The predicted molar refractivity (Wildman–Crippen MR) is 51.9 cm³/mol. The van der Waals surface area contributed by atoms with Gasteiger partial charge in [-0.3, -0.25) is 4.79 Å². The van der Waals surface area contributed by atoms with E-state index < -0.39 is 0 Å². The van der Waals surface area contributed by atoms with Crippen LogP contribution >= 0.6 is 0 Å². The Morgan fingerprint density at radius 3 is 3.07 bits per heavy atom. The maximum Gasteiger partial charge on any atom is 0.178 e. The van der Waals surface area contributed by atoms with E-state index in [4.69, 9.17) is 5.73 Å². The summed E-state index contributed by atoms with van der Waals surface area (Å²) in [5.74, 6) is -0.115. The van der Waals surface area contributed by atoms with E-state index in [2.05, 4.69) is 9.97 Å². The molecule has 0 saturated heterocycles. The van der Waals surface area contributed by atoms with E-state index in [0.29, 0.717) is 16.7 Å². The Bertz CT molecular complexity index is 489. The highest BCUT2D eigenvalue weighted by atomic mass is 16.1. The van der Waals surface area contributed by atoms with E-state index in [1.807, 2.05) is 7.05 Å². The van der Waals surface area contributed by atoms with Crippen molar-refractivity contribution in [3.05, 3.63) is 24.2 Å². The van der Waals surface area contributed by atoms with E-state index in [1.54, 1.807) is 23.2 Å². The highest BCUT2D eigenvalue weighted by Gasteiger charge is 2.11. The molecule has 14 heavy (non-hydrogen) atoms. The minimum absolute atomic E-state index is 0.00428. The summed E-state index contributed by atoms with van der Waals surface area (Å²) in [5.41, 5.74) is 7.15. The van der Waals surface area contributed by atoms with Crippen LogP contribution in [0.5, 0.6) is 0 Å². The van der Waals surface area contributed by atoms with E-state index in [0.717, 1.165) is 0 Å². The van der Waals surface area contributed by atoms with Gasteiger partial charge < -0.3 is 10.3 Å². The van der Waals surface area contributed by atoms with Gasteiger partial charge in [-0.1, -0.05) is 0 Å². The molecule has 5 heteroatoms. The molecule has 0 aliphatic carbocycles. The highest BCUT2D eigenvalue weighted by molar-refractivity contribution is 6.06. The molecule has 2 rings (SSSR count). The van der Waals surface area contributed by atoms with Crippen LogP contribution in [-0.2, 0) is 7.05 Å². The van der Waals surface area contributed by atoms with Gasteiger partial charge in [-0.05, 0) is 6.07 Å². The van der Waals surface area contributed by atoms with Crippen LogP contribution in [0.15, 0.2) is 18.6 Å². The highest BCUT2D eigenvalue weighted by Crippen LogP contribution is 2.13. The molecular formula is C9H10N4O. The lowest BCUT2D eigenvalue weighted by Crippen LogP contribution is -2.14. The van der Waals surface area contributed by atoms with Crippen molar-refractivity contribution in [2.45, 2.75) is 0 Å². The normalized spacial score (nSPS) is 10.7. The van der Waals surface area contributed by atoms with Crippen LogP contribution in [0, 0.1) is 0 Å². The van der Waals surface area contributed by atoms with Gasteiger partial charge >= 0.3 is 0 Å². The van der Waals surface area contributed by atoms with Crippen LogP contribution in [-0.4, -0.2) is 26.9 Å². The summed E-state index contributed by atoms with van der Waals surface area (Å²) in [6, 6.07) is 1.64. The van der Waals surface area contributed by atoms with Gasteiger partial charge in [-0.2, -0.15) is 0 Å². The van der Waals surface area contributed by atoms with E-state index >= 15 is 0 Å². The summed E-state index contributed by atoms with van der Waals surface area (Å²) in [6.45, 7) is -0.00428. The quantitative estimate of drug-likeness (QED) is 0.682. The Hall–Kier alpha value is -1.75. The number of fused-ring (bicyclic) bond motifs is 1. The lowest BCUT2D eigenvalue weighted by atomic mass is 10.1. The lowest BCUT2D eigenvalue weighted by Gasteiger charge is -1.98. The molecule has 5 nitrogen and oxygen atoms in total. The third kappa shape index (κ3) is 1.18. The van der Waals surface area contributed by atoms with Gasteiger partial charge in [0.25, 0.3) is 0 Å². The third-order valence-electron chi connectivity index (χ3n) is 2.08. The number of hydrogen-bond donors (Lipinski definition) is 1. The summed E-state index contributed by atoms with van der Waals surface area (Å²) in [7, 11) is 1.83. The van der Waals surface area contributed by atoms with Crippen molar-refractivity contribution in [2.75, 3.05) is 6.54 Å². The first kappa shape index (κ1) is 8.83. The number of imidazole rings is 1. The second-order valence-corrected chi connectivity index (χ2v) is 3.01. The Morgan fingerprint density at radius 2 is 2.36 bits per heavy atom. The zero-order chi connectivity index (χ0) is 10.1. The predicted octanol–water partition coefficient (Wildman–Crippen LogP) is 0.110. The number of hydrogen-bond acceptors (Lipinski definition) is 4. The topological polar surface area (TPSA) is 73.8 Å². The molecule has 0 unspecified atom stereocenters. The third-order valence-corrected chi connectivity index (χ3v) is 2.08. The maximum atomic E-state index is 11.4. The number of pyridine rings is 1. The van der Waals surface area contributed by atoms with Crippen LogP contribution in [0.3, 0.4) is 0 Å². The van der Waals surface area contributed by atoms with Gasteiger partial charge in [0.2, 0.25) is 0 Å². The number of carbonyl (C=O) groups is 1. The van der Waals surface area contributed by atoms with Gasteiger partial charge in [0.15, 0.2) is 11.4 Å². The van der Waals surface area contributed by atoms with Gasteiger partial charge in [0.05, 0.1) is 12.9 Å². The number of Topliss-reactive ketones (excluding diaryl/α,β-unsaturated/α-hetero) is 1. The van der Waals surface area contributed by atoms with Gasteiger partial charge in [0.1, 0.15) is 5.52 Å². The molecule has 72 valence electrons. The van der Waals surface area contributed by atoms with Crippen LogP contribution in [0.2, 0.25) is 0 Å². The van der Waals surface area contributed by atoms with Crippen molar-refractivity contribution in [1.82, 2.24) is 14.5 Å². The number of carbonyl (C=O) groups excluding carboxylic acids is 1. The molecule has 0 saturated carbocycles. The summed E-state index contributed by atoms with van der Waals surface area (Å²) in [4.78, 5) is 19.7. The van der Waals surface area contributed by atoms with E-state index in [-0.39, 0.29) is 12.3 Å². The van der Waals surface area contributed by atoms with Crippen molar-refractivity contribution < 1.29 is 4.79 Å². The molecule has 2 heterocycles. The van der Waals surface area contributed by atoms with Crippen LogP contribution in [0.25, 0.3) is 11.2 Å². The zero-order valence-electron chi connectivity index (χ0n) is 7.77. The standard InChI is InChI=1S/C9H10N4O/c1-13-5-12-8-6(7(14)4-10)2-3-11-9(8)13/h2-3,5H,4,10H2,1H3. The monoisotopic (exact) mass is 190 g/mol. The minimum Gasteiger partial charge on any atom is -0.324 e. The van der Waals surface area contributed by atoms with Crippen LogP contribution < -0.4 is 5.73 Å². The number of aromatic nitrogens is 3. The Labute approximate surface area is 80.6 Å². The fourth-order valence-corrected chi connectivity index (χ4v) is 1.36. The molecule has 0 aromatic carbocycles. The van der Waals surface area contributed by atoms with Crippen molar-refractivity contribution >= 4 is 16.9 Å². The zero-order valence-corrected chi connectivity index (χ0v) is 7.77. The summed E-state index contributed by atoms with van der Waals surface area (Å²) in [5, 5.41) is 0. The molecule has 0 atom stereocenters. The molecule has 0 spiro atoms. The first-order chi connectivity index (χ1) is 6.74.